The van der Waals surface area contributed by atoms with Gasteiger partial charge in [0.1, 0.15) is 19.3 Å². The summed E-state index contributed by atoms with van der Waals surface area (Å²) in [6, 6.07) is 15.4. The number of allylic oxidation sites excluding steroid dienone is 2. The second-order valence-electron chi connectivity index (χ2n) is 9.69. The van der Waals surface area contributed by atoms with Crippen LogP contribution in [0.1, 0.15) is 72.5 Å². The molecule has 2 aromatic carbocycles. The maximum absolute atomic E-state index is 13.5. The lowest BCUT2D eigenvalue weighted by atomic mass is 10.0. The summed E-state index contributed by atoms with van der Waals surface area (Å²) in [4.78, 5) is 24.4. The third-order valence-electron chi connectivity index (χ3n) is 6.56. The molecule has 0 bridgehead atoms. The SMILES string of the molecule is C=CCCCCCC[C@H](COC/N=C(/C)N=C(C=C)c1ccccc1C=C)N(COC)C(=O)c1cccc(C)c1. The van der Waals surface area contributed by atoms with E-state index in [1.54, 1.807) is 24.2 Å². The van der Waals surface area contributed by atoms with E-state index in [-0.39, 0.29) is 25.4 Å². The topological polar surface area (TPSA) is 63.5 Å². The van der Waals surface area contributed by atoms with Crippen LogP contribution < -0.4 is 0 Å². The van der Waals surface area contributed by atoms with Crippen molar-refractivity contribution >= 4 is 23.5 Å². The summed E-state index contributed by atoms with van der Waals surface area (Å²) in [5.41, 5.74) is 4.34. The number of nitrogens with zero attached hydrogens (tertiary/aromatic N) is 3. The molecule has 6 nitrogen and oxygen atoms in total. The van der Waals surface area contributed by atoms with Crippen LogP contribution >= 0.6 is 0 Å². The van der Waals surface area contributed by atoms with Gasteiger partial charge >= 0.3 is 0 Å². The minimum absolute atomic E-state index is 0.0633. The van der Waals surface area contributed by atoms with Gasteiger partial charge in [-0.1, -0.05) is 86.5 Å². The van der Waals surface area contributed by atoms with Crippen molar-refractivity contribution in [2.75, 3.05) is 27.2 Å². The Morgan fingerprint density at radius 2 is 1.82 bits per heavy atom. The summed E-state index contributed by atoms with van der Waals surface area (Å²) in [7, 11) is 1.61. The first-order valence-corrected chi connectivity index (χ1v) is 13.9. The normalized spacial score (nSPS) is 12.6. The van der Waals surface area contributed by atoms with E-state index in [4.69, 9.17) is 9.47 Å². The van der Waals surface area contributed by atoms with Gasteiger partial charge in [0.2, 0.25) is 0 Å². The molecule has 0 unspecified atom stereocenters. The molecule has 0 saturated carbocycles. The maximum Gasteiger partial charge on any atom is 0.256 e. The summed E-state index contributed by atoms with van der Waals surface area (Å²) >= 11 is 0. The number of amidine groups is 1. The number of unbranched alkanes of at least 4 members (excludes halogenated alkanes) is 4. The highest BCUT2D eigenvalue weighted by molar-refractivity contribution is 6.14. The van der Waals surface area contributed by atoms with Crippen molar-refractivity contribution in [2.45, 2.75) is 58.4 Å². The van der Waals surface area contributed by atoms with Crippen molar-refractivity contribution in [3.63, 3.8) is 0 Å². The van der Waals surface area contributed by atoms with Crippen LogP contribution in [0.2, 0.25) is 0 Å². The Kier molecular flexibility index (Phi) is 15.2. The molecule has 0 aliphatic heterocycles. The first kappa shape index (κ1) is 32.6. The Morgan fingerprint density at radius 1 is 1.05 bits per heavy atom. The number of aliphatic imine (C=N–C) groups is 2. The zero-order valence-corrected chi connectivity index (χ0v) is 24.5. The quantitative estimate of drug-likeness (QED) is 0.0638. The monoisotopic (exact) mass is 543 g/mol. The van der Waals surface area contributed by atoms with Gasteiger partial charge in [-0.3, -0.25) is 4.79 Å². The largest absolute Gasteiger partial charge is 0.364 e. The Morgan fingerprint density at radius 3 is 2.52 bits per heavy atom. The van der Waals surface area contributed by atoms with E-state index in [0.717, 1.165) is 60.9 Å². The van der Waals surface area contributed by atoms with E-state index >= 15 is 0 Å². The third-order valence-corrected chi connectivity index (χ3v) is 6.56. The molecular formula is C34H45N3O3. The van der Waals surface area contributed by atoms with E-state index in [1.807, 2.05) is 68.5 Å². The molecule has 6 heteroatoms. The van der Waals surface area contributed by atoms with E-state index in [9.17, 15) is 4.79 Å². The minimum atomic E-state index is -0.144. The van der Waals surface area contributed by atoms with Gasteiger partial charge in [0, 0.05) is 18.2 Å². The molecule has 0 spiro atoms. The van der Waals surface area contributed by atoms with Crippen LogP contribution in [0.25, 0.3) is 6.08 Å². The smallest absolute Gasteiger partial charge is 0.256 e. The highest BCUT2D eigenvalue weighted by atomic mass is 16.5. The van der Waals surface area contributed by atoms with Crippen molar-refractivity contribution in [3.8, 4) is 0 Å². The second-order valence-corrected chi connectivity index (χ2v) is 9.69. The van der Waals surface area contributed by atoms with Gasteiger partial charge in [0.05, 0.1) is 18.4 Å². The van der Waals surface area contributed by atoms with Crippen LogP contribution in [0.3, 0.4) is 0 Å². The molecule has 1 amide bonds. The van der Waals surface area contributed by atoms with E-state index in [1.165, 1.54) is 0 Å². The van der Waals surface area contributed by atoms with Crippen LogP contribution in [0.15, 0.2) is 90.4 Å². The van der Waals surface area contributed by atoms with Crippen LogP contribution in [0, 0.1) is 6.92 Å². The lowest BCUT2D eigenvalue weighted by molar-refractivity contribution is -0.000883. The summed E-state index contributed by atoms with van der Waals surface area (Å²) in [5.74, 6) is 0.517. The highest BCUT2D eigenvalue weighted by Gasteiger charge is 2.25. The van der Waals surface area contributed by atoms with E-state index < -0.39 is 0 Å². The first-order valence-electron chi connectivity index (χ1n) is 13.9. The van der Waals surface area contributed by atoms with Crippen molar-refractivity contribution in [2.24, 2.45) is 9.98 Å². The Labute approximate surface area is 240 Å². The van der Waals surface area contributed by atoms with Crippen molar-refractivity contribution in [3.05, 3.63) is 103 Å². The predicted molar refractivity (Wildman–Crippen MR) is 168 cm³/mol. The van der Waals surface area contributed by atoms with Crippen LogP contribution in [-0.4, -0.2) is 55.6 Å². The average Bonchev–Trinajstić information content (AvgIpc) is 2.97. The molecule has 214 valence electrons. The van der Waals surface area contributed by atoms with E-state index in [0.29, 0.717) is 18.0 Å². The molecule has 2 rings (SSSR count). The number of methoxy groups -OCH3 is 1. The molecular weight excluding hydrogens is 498 g/mol. The molecule has 0 heterocycles. The molecule has 0 fully saturated rings. The number of benzene rings is 2. The van der Waals surface area contributed by atoms with Gasteiger partial charge in [0.15, 0.2) is 0 Å². The zero-order chi connectivity index (χ0) is 29.2. The fourth-order valence-electron chi connectivity index (χ4n) is 4.43. The fourth-order valence-corrected chi connectivity index (χ4v) is 4.43. The fraction of sp³-hybridized carbons (Fsp3) is 0.382. The first-order chi connectivity index (χ1) is 19.4. The lowest BCUT2D eigenvalue weighted by Gasteiger charge is -2.31. The molecule has 1 atom stereocenters. The van der Waals surface area contributed by atoms with Crippen LogP contribution in [-0.2, 0) is 9.47 Å². The number of aryl methyl sites for hydroxylation is 1. The predicted octanol–water partition coefficient (Wildman–Crippen LogP) is 7.65. The van der Waals surface area contributed by atoms with Crippen LogP contribution in [0.4, 0.5) is 0 Å². The Hall–Kier alpha value is -3.61. The highest BCUT2D eigenvalue weighted by Crippen LogP contribution is 2.17. The maximum atomic E-state index is 13.5. The molecule has 0 N–H and O–H groups in total. The van der Waals surface area contributed by atoms with Crippen molar-refractivity contribution < 1.29 is 14.3 Å². The number of ether oxygens (including phenoxy) is 2. The third kappa shape index (κ3) is 10.9. The number of carbonyl (C=O) groups is 1. The van der Waals surface area contributed by atoms with Gasteiger partial charge in [-0.2, -0.15) is 0 Å². The number of rotatable bonds is 18. The lowest BCUT2D eigenvalue weighted by Crippen LogP contribution is -2.44. The summed E-state index contributed by atoms with van der Waals surface area (Å²) < 4.78 is 11.5. The molecule has 40 heavy (non-hydrogen) atoms. The number of amides is 1. The van der Waals surface area contributed by atoms with Gasteiger partial charge in [-0.25, -0.2) is 9.98 Å². The molecule has 0 aromatic heterocycles. The van der Waals surface area contributed by atoms with Crippen LogP contribution in [0.5, 0.6) is 0 Å². The number of hydrogen-bond acceptors (Lipinski definition) is 4. The van der Waals surface area contributed by atoms with E-state index in [2.05, 4.69) is 29.7 Å². The molecule has 0 saturated heterocycles. The second kappa shape index (κ2) is 18.6. The Bertz CT molecular complexity index is 1170. The van der Waals surface area contributed by atoms with Gasteiger partial charge in [0.25, 0.3) is 5.91 Å². The average molecular weight is 544 g/mol. The minimum Gasteiger partial charge on any atom is -0.364 e. The van der Waals surface area contributed by atoms with Gasteiger partial charge < -0.3 is 14.4 Å². The van der Waals surface area contributed by atoms with Crippen molar-refractivity contribution in [1.82, 2.24) is 4.90 Å². The van der Waals surface area contributed by atoms with Crippen molar-refractivity contribution in [1.29, 1.82) is 0 Å². The summed E-state index contributed by atoms with van der Waals surface area (Å²) in [6.45, 7) is 16.1. The standard InChI is InChI=1S/C34H45N3O3/c1-7-10-11-12-13-14-21-31(37(26-39-6)34(38)30-20-17-18-27(4)23-30)24-40-25-35-28(5)36-33(9-3)32-22-16-15-19-29(32)8-2/h7-9,15-20,22-23,31H,1-3,10-14,21,24-26H2,4-6H3/b35-28-,36-33?/t31-/m1/s1. The Balaban J connectivity index is 2.13. The zero-order valence-electron chi connectivity index (χ0n) is 24.5. The molecule has 0 aliphatic rings. The summed E-state index contributed by atoms with van der Waals surface area (Å²) in [6.07, 6.45) is 11.7. The van der Waals surface area contributed by atoms with Gasteiger partial charge in [-0.15, -0.1) is 6.58 Å². The molecule has 2 aromatic rings. The number of carbonyl (C=O) groups excluding carboxylic acids is 1. The molecule has 0 radical (unpaired) electrons. The van der Waals surface area contributed by atoms with Gasteiger partial charge in [-0.05, 0) is 56.9 Å². The number of hydrogen-bond donors (Lipinski definition) is 0. The summed E-state index contributed by atoms with van der Waals surface area (Å²) in [5, 5.41) is 0. The molecule has 0 aliphatic carbocycles.